The van der Waals surface area contributed by atoms with Gasteiger partial charge in [-0.1, -0.05) is 29.8 Å². The second-order valence-electron chi connectivity index (χ2n) is 3.36. The molecule has 0 spiro atoms. The lowest BCUT2D eigenvalue weighted by molar-refractivity contribution is 0.0791. The number of benzene rings is 1. The van der Waals surface area contributed by atoms with Crippen LogP contribution in [0.1, 0.15) is 15.9 Å². The topological polar surface area (TPSA) is 44.8 Å². The van der Waals surface area contributed by atoms with Crippen LogP contribution < -0.4 is 0 Å². The van der Waals surface area contributed by atoms with Gasteiger partial charge in [-0.3, -0.25) is 4.79 Å². The van der Waals surface area contributed by atoms with E-state index in [9.17, 15) is 4.79 Å². The Kier molecular flexibility index (Phi) is 4.37. The average molecular weight is 240 g/mol. The molecule has 0 N–H and O–H groups in total. The van der Waals surface area contributed by atoms with E-state index in [1.54, 1.807) is 12.1 Å². The molecule has 0 radical (unpaired) electrons. The zero-order chi connectivity index (χ0) is 12.2. The number of carbonyl (C=O) groups is 1. The molecule has 0 aliphatic heterocycles. The van der Waals surface area contributed by atoms with Crippen LogP contribution in [0.2, 0.25) is 0 Å². The summed E-state index contributed by atoms with van der Waals surface area (Å²) >= 11 is 0. The van der Waals surface area contributed by atoms with Gasteiger partial charge in [-0.15, -0.1) is 0 Å². The van der Waals surface area contributed by atoms with E-state index < -0.39 is 8.80 Å². The van der Waals surface area contributed by atoms with Crippen LogP contribution in [0.5, 0.6) is 0 Å². The van der Waals surface area contributed by atoms with Crippen molar-refractivity contribution in [1.29, 1.82) is 0 Å². The maximum Gasteiger partial charge on any atom is 0.579 e. The molecule has 0 aromatic heterocycles. The van der Waals surface area contributed by atoms with Gasteiger partial charge in [0.15, 0.2) is 0 Å². The fourth-order valence-electron chi connectivity index (χ4n) is 1.41. The van der Waals surface area contributed by atoms with Crippen molar-refractivity contribution in [3.63, 3.8) is 0 Å². The smallest absolute Gasteiger partial charge is 0.372 e. The maximum atomic E-state index is 12.2. The molecular formula is C11H16O4Si. The number of rotatable bonds is 5. The summed E-state index contributed by atoms with van der Waals surface area (Å²) in [4.78, 5) is 12.2. The van der Waals surface area contributed by atoms with Crippen molar-refractivity contribution >= 4 is 14.2 Å². The molecule has 0 saturated heterocycles. The molecule has 88 valence electrons. The van der Waals surface area contributed by atoms with Gasteiger partial charge in [0.1, 0.15) is 0 Å². The zero-order valence-electron chi connectivity index (χ0n) is 9.94. The van der Waals surface area contributed by atoms with E-state index in [2.05, 4.69) is 0 Å². The predicted octanol–water partition coefficient (Wildman–Crippen LogP) is 1.60. The first kappa shape index (κ1) is 13.1. The van der Waals surface area contributed by atoms with E-state index >= 15 is 0 Å². The Balaban J connectivity index is 3.04. The van der Waals surface area contributed by atoms with Crippen LogP contribution >= 0.6 is 0 Å². The normalized spacial score (nSPS) is 11.5. The van der Waals surface area contributed by atoms with Crippen LogP contribution in [0.3, 0.4) is 0 Å². The molecule has 4 nitrogen and oxygen atoms in total. The van der Waals surface area contributed by atoms with E-state index in [0.717, 1.165) is 5.56 Å². The van der Waals surface area contributed by atoms with E-state index in [1.807, 2.05) is 19.1 Å². The quantitative estimate of drug-likeness (QED) is 0.733. The van der Waals surface area contributed by atoms with Crippen molar-refractivity contribution in [2.24, 2.45) is 0 Å². The molecule has 0 amide bonds. The van der Waals surface area contributed by atoms with Crippen LogP contribution in [0, 0.1) is 6.92 Å². The molecule has 16 heavy (non-hydrogen) atoms. The number of hydrogen-bond donors (Lipinski definition) is 0. The molecule has 5 heteroatoms. The molecule has 0 aliphatic rings. The van der Waals surface area contributed by atoms with Gasteiger partial charge in [-0.25, -0.2) is 0 Å². The Labute approximate surface area is 96.5 Å². The third kappa shape index (κ3) is 2.38. The second kappa shape index (κ2) is 5.36. The molecule has 1 aromatic rings. The summed E-state index contributed by atoms with van der Waals surface area (Å²) in [5.41, 5.74) is 1.64. The van der Waals surface area contributed by atoms with Crippen molar-refractivity contribution in [3.8, 4) is 0 Å². The van der Waals surface area contributed by atoms with Gasteiger partial charge in [-0.2, -0.15) is 0 Å². The first-order valence-electron chi connectivity index (χ1n) is 4.86. The van der Waals surface area contributed by atoms with Crippen LogP contribution in [-0.4, -0.2) is 35.5 Å². The van der Waals surface area contributed by atoms with Gasteiger partial charge in [0, 0.05) is 26.9 Å². The summed E-state index contributed by atoms with van der Waals surface area (Å²) in [7, 11) is 1.05. The van der Waals surface area contributed by atoms with Gasteiger partial charge < -0.3 is 13.3 Å². The minimum absolute atomic E-state index is 0.222. The Bertz CT molecular complexity index is 348. The summed E-state index contributed by atoms with van der Waals surface area (Å²) in [5.74, 6) is 0. The summed E-state index contributed by atoms with van der Waals surface area (Å²) in [6, 6.07) is 7.23. The third-order valence-electron chi connectivity index (χ3n) is 2.40. The molecule has 1 aromatic carbocycles. The highest BCUT2D eigenvalue weighted by molar-refractivity contribution is 6.94. The van der Waals surface area contributed by atoms with Gasteiger partial charge in [0.05, 0.1) is 0 Å². The van der Waals surface area contributed by atoms with Crippen molar-refractivity contribution in [2.45, 2.75) is 6.92 Å². The first-order valence-corrected chi connectivity index (χ1v) is 6.59. The standard InChI is InChI=1S/C11H16O4Si/c1-9-5-7-10(8-6-9)11(12)16(13-2,14-3)15-4/h5-8H,1-4H3. The van der Waals surface area contributed by atoms with Gasteiger partial charge in [0.25, 0.3) is 0 Å². The first-order chi connectivity index (χ1) is 7.59. The SMILES string of the molecule is CO[Si](OC)(OC)C(=O)c1ccc(C)cc1. The molecule has 0 bridgehead atoms. The fourth-order valence-corrected chi connectivity index (χ4v) is 2.99. The van der Waals surface area contributed by atoms with Crippen molar-refractivity contribution in [3.05, 3.63) is 35.4 Å². The minimum Gasteiger partial charge on any atom is -0.372 e. The Morgan fingerprint density at radius 1 is 1.00 bits per heavy atom. The van der Waals surface area contributed by atoms with Gasteiger partial charge >= 0.3 is 8.80 Å². The lowest BCUT2D eigenvalue weighted by Crippen LogP contribution is -2.51. The fraction of sp³-hybridized carbons (Fsp3) is 0.364. The number of aryl methyl sites for hydroxylation is 1. The van der Waals surface area contributed by atoms with Crippen molar-refractivity contribution < 1.29 is 18.1 Å². The van der Waals surface area contributed by atoms with E-state index in [4.69, 9.17) is 13.3 Å². The lowest BCUT2D eigenvalue weighted by Gasteiger charge is -2.22. The van der Waals surface area contributed by atoms with Gasteiger partial charge in [-0.05, 0) is 6.92 Å². The minimum atomic E-state index is -3.22. The highest BCUT2D eigenvalue weighted by atomic mass is 28.4. The molecule has 0 fully saturated rings. The summed E-state index contributed by atoms with van der Waals surface area (Å²) < 4.78 is 15.4. The average Bonchev–Trinajstić information content (AvgIpc) is 2.33. The lowest BCUT2D eigenvalue weighted by atomic mass is 10.2. The highest BCUT2D eigenvalue weighted by Gasteiger charge is 2.48. The number of hydrogen-bond acceptors (Lipinski definition) is 4. The third-order valence-corrected chi connectivity index (χ3v) is 4.86. The monoisotopic (exact) mass is 240 g/mol. The largest absolute Gasteiger partial charge is 0.579 e. The van der Waals surface area contributed by atoms with Crippen LogP contribution in [0.25, 0.3) is 0 Å². The maximum absolute atomic E-state index is 12.2. The highest BCUT2D eigenvalue weighted by Crippen LogP contribution is 2.15. The molecular weight excluding hydrogens is 224 g/mol. The van der Waals surface area contributed by atoms with Crippen molar-refractivity contribution in [2.75, 3.05) is 21.3 Å². The Morgan fingerprint density at radius 2 is 1.44 bits per heavy atom. The summed E-state index contributed by atoms with van der Waals surface area (Å²) in [6.45, 7) is 1.96. The van der Waals surface area contributed by atoms with Gasteiger partial charge in [0.2, 0.25) is 5.41 Å². The van der Waals surface area contributed by atoms with Crippen LogP contribution in [-0.2, 0) is 13.3 Å². The summed E-state index contributed by atoms with van der Waals surface area (Å²) in [5, 5.41) is -0.222. The molecule has 0 saturated carbocycles. The number of carbonyl (C=O) groups excluding carboxylic acids is 1. The Morgan fingerprint density at radius 3 is 1.81 bits per heavy atom. The second-order valence-corrected chi connectivity index (χ2v) is 6.15. The molecule has 0 atom stereocenters. The molecule has 0 aliphatic carbocycles. The molecule has 0 unspecified atom stereocenters. The van der Waals surface area contributed by atoms with E-state index in [-0.39, 0.29) is 5.41 Å². The van der Waals surface area contributed by atoms with E-state index in [0.29, 0.717) is 5.56 Å². The molecule has 0 heterocycles. The molecule has 1 rings (SSSR count). The van der Waals surface area contributed by atoms with Crippen LogP contribution in [0.15, 0.2) is 24.3 Å². The van der Waals surface area contributed by atoms with Crippen LogP contribution in [0.4, 0.5) is 0 Å². The zero-order valence-corrected chi connectivity index (χ0v) is 10.9. The van der Waals surface area contributed by atoms with Crippen molar-refractivity contribution in [1.82, 2.24) is 0 Å². The predicted molar refractivity (Wildman–Crippen MR) is 62.3 cm³/mol. The summed E-state index contributed by atoms with van der Waals surface area (Å²) in [6.07, 6.45) is 0. The Hall–Kier alpha value is -1.01. The van der Waals surface area contributed by atoms with E-state index in [1.165, 1.54) is 21.3 Å².